The van der Waals surface area contributed by atoms with Gasteiger partial charge in [-0.3, -0.25) is 14.9 Å². The fourth-order valence-electron chi connectivity index (χ4n) is 3.51. The molecule has 0 atom stereocenters. The highest BCUT2D eigenvalue weighted by Gasteiger charge is 2.38. The molecule has 1 saturated heterocycles. The van der Waals surface area contributed by atoms with Crippen LogP contribution in [0.3, 0.4) is 0 Å². The maximum Gasteiger partial charge on any atom is 0.338 e. The highest BCUT2D eigenvalue weighted by Crippen LogP contribution is 2.31. The molecule has 1 N–H and O–H groups in total. The second-order valence-electron chi connectivity index (χ2n) is 7.36. The van der Waals surface area contributed by atoms with E-state index in [1.54, 1.807) is 74.5 Å². The Balaban J connectivity index is 1.61. The van der Waals surface area contributed by atoms with Gasteiger partial charge >= 0.3 is 12.0 Å². The van der Waals surface area contributed by atoms with Crippen LogP contribution in [0.4, 0.5) is 10.5 Å². The first-order chi connectivity index (χ1) is 16.9. The number of carbonyl (C=O) groups is 4. The monoisotopic (exact) mass is 474 g/mol. The fourth-order valence-corrected chi connectivity index (χ4v) is 3.51. The third-order valence-corrected chi connectivity index (χ3v) is 5.10. The van der Waals surface area contributed by atoms with Gasteiger partial charge in [0.25, 0.3) is 11.8 Å². The standard InChI is InChI=1S/C26H22N2O7/c1-3-33-22-8-6-5-7-20(22)28-24(30)19(23(29)27-26(28)32)15-18-13-14-21(35-18)16-9-11-17(12-10-16)25(31)34-4-2/h5-15H,3-4H2,1-2H3,(H,27,29,32)/b19-15+. The predicted molar refractivity (Wildman–Crippen MR) is 127 cm³/mol. The number of nitrogens with one attached hydrogen (secondary N) is 1. The van der Waals surface area contributed by atoms with Crippen LogP contribution in [-0.2, 0) is 14.3 Å². The van der Waals surface area contributed by atoms with Gasteiger partial charge < -0.3 is 13.9 Å². The number of imide groups is 2. The van der Waals surface area contributed by atoms with E-state index in [-0.39, 0.29) is 23.6 Å². The summed E-state index contributed by atoms with van der Waals surface area (Å²) < 4.78 is 16.3. The van der Waals surface area contributed by atoms with E-state index < -0.39 is 23.8 Å². The van der Waals surface area contributed by atoms with Crippen molar-refractivity contribution in [3.05, 3.63) is 77.6 Å². The van der Waals surface area contributed by atoms with Crippen LogP contribution in [0.1, 0.15) is 30.0 Å². The van der Waals surface area contributed by atoms with Gasteiger partial charge in [0, 0.05) is 5.56 Å². The van der Waals surface area contributed by atoms with Crippen molar-refractivity contribution in [1.29, 1.82) is 0 Å². The Bertz CT molecular complexity index is 1320. The number of nitrogens with zero attached hydrogens (tertiary/aromatic N) is 1. The van der Waals surface area contributed by atoms with Crippen molar-refractivity contribution in [2.45, 2.75) is 13.8 Å². The molecule has 4 amide bonds. The summed E-state index contributed by atoms with van der Waals surface area (Å²) in [6.45, 7) is 4.12. The second kappa shape index (κ2) is 10.1. The van der Waals surface area contributed by atoms with Crippen molar-refractivity contribution in [1.82, 2.24) is 5.32 Å². The molecule has 0 aliphatic carbocycles. The third kappa shape index (κ3) is 4.84. The molecule has 0 bridgehead atoms. The summed E-state index contributed by atoms with van der Waals surface area (Å²) in [5.41, 5.74) is 1.04. The zero-order valence-corrected chi connectivity index (χ0v) is 19.1. The first kappa shape index (κ1) is 23.5. The molecular weight excluding hydrogens is 452 g/mol. The Morgan fingerprint density at radius 2 is 1.71 bits per heavy atom. The number of benzene rings is 2. The highest BCUT2D eigenvalue weighted by molar-refractivity contribution is 6.39. The SMILES string of the molecule is CCOC(=O)c1ccc(-c2ccc(/C=C3\C(=O)NC(=O)N(c4ccccc4OCC)C3=O)o2)cc1. The van der Waals surface area contributed by atoms with Gasteiger partial charge in [0.15, 0.2) is 0 Å². The molecule has 178 valence electrons. The van der Waals surface area contributed by atoms with Crippen molar-refractivity contribution >= 4 is 35.6 Å². The van der Waals surface area contributed by atoms with Gasteiger partial charge in [-0.2, -0.15) is 0 Å². The minimum absolute atomic E-state index is 0.220. The normalized spacial score (nSPS) is 14.7. The van der Waals surface area contributed by atoms with Crippen LogP contribution in [0.5, 0.6) is 5.75 Å². The van der Waals surface area contributed by atoms with Gasteiger partial charge in [-0.1, -0.05) is 24.3 Å². The number of carbonyl (C=O) groups excluding carboxylic acids is 4. The number of hydrogen-bond donors (Lipinski definition) is 1. The molecule has 1 aliphatic rings. The van der Waals surface area contributed by atoms with Gasteiger partial charge in [-0.15, -0.1) is 0 Å². The number of esters is 1. The van der Waals surface area contributed by atoms with Gasteiger partial charge in [0.2, 0.25) is 0 Å². The fraction of sp³-hybridized carbons (Fsp3) is 0.154. The van der Waals surface area contributed by atoms with Crippen LogP contribution in [0.2, 0.25) is 0 Å². The van der Waals surface area contributed by atoms with E-state index in [2.05, 4.69) is 5.32 Å². The minimum atomic E-state index is -0.869. The molecule has 4 rings (SSSR count). The maximum absolute atomic E-state index is 13.2. The average molecular weight is 474 g/mol. The lowest BCUT2D eigenvalue weighted by atomic mass is 10.1. The van der Waals surface area contributed by atoms with Gasteiger partial charge in [0.1, 0.15) is 22.8 Å². The Labute approximate surface area is 200 Å². The van der Waals surface area contributed by atoms with Crippen molar-refractivity contribution in [2.75, 3.05) is 18.1 Å². The molecule has 0 spiro atoms. The summed E-state index contributed by atoms with van der Waals surface area (Å²) >= 11 is 0. The van der Waals surface area contributed by atoms with Crippen molar-refractivity contribution in [3.63, 3.8) is 0 Å². The van der Waals surface area contributed by atoms with E-state index in [1.165, 1.54) is 6.08 Å². The Hall–Kier alpha value is -4.66. The molecule has 3 aromatic rings. The third-order valence-electron chi connectivity index (χ3n) is 5.10. The summed E-state index contributed by atoms with van der Waals surface area (Å²) in [7, 11) is 0. The number of ether oxygens (including phenoxy) is 2. The number of hydrogen-bond acceptors (Lipinski definition) is 7. The van der Waals surface area contributed by atoms with Crippen LogP contribution in [0, 0.1) is 0 Å². The molecule has 2 heterocycles. The number of anilines is 1. The lowest BCUT2D eigenvalue weighted by Crippen LogP contribution is -2.54. The van der Waals surface area contributed by atoms with E-state index in [1.807, 2.05) is 0 Å². The van der Waals surface area contributed by atoms with E-state index in [0.717, 1.165) is 4.90 Å². The zero-order valence-electron chi connectivity index (χ0n) is 19.1. The molecule has 9 nitrogen and oxygen atoms in total. The molecule has 1 aromatic heterocycles. The topological polar surface area (TPSA) is 115 Å². The zero-order chi connectivity index (χ0) is 24.9. The van der Waals surface area contributed by atoms with E-state index >= 15 is 0 Å². The second-order valence-corrected chi connectivity index (χ2v) is 7.36. The Morgan fingerprint density at radius 1 is 0.971 bits per heavy atom. The van der Waals surface area contributed by atoms with Crippen LogP contribution in [0.15, 0.2) is 70.7 Å². The number of rotatable bonds is 7. The van der Waals surface area contributed by atoms with Crippen LogP contribution >= 0.6 is 0 Å². The van der Waals surface area contributed by atoms with Crippen molar-refractivity contribution < 1.29 is 33.1 Å². The molecule has 0 saturated carbocycles. The van der Waals surface area contributed by atoms with Gasteiger partial charge in [0.05, 0.1) is 24.5 Å². The number of urea groups is 1. The molecular formula is C26H22N2O7. The van der Waals surface area contributed by atoms with E-state index in [4.69, 9.17) is 13.9 Å². The number of para-hydroxylation sites is 2. The summed E-state index contributed by atoms with van der Waals surface area (Å²) in [4.78, 5) is 50.8. The quantitative estimate of drug-likeness (QED) is 0.310. The smallest absolute Gasteiger partial charge is 0.338 e. The number of furan rings is 1. The molecule has 2 aromatic carbocycles. The Kier molecular flexibility index (Phi) is 6.77. The first-order valence-corrected chi connectivity index (χ1v) is 10.9. The maximum atomic E-state index is 13.2. The number of barbiturate groups is 1. The summed E-state index contributed by atoms with van der Waals surface area (Å²) in [5, 5.41) is 2.18. The van der Waals surface area contributed by atoms with Gasteiger partial charge in [-0.05, 0) is 56.3 Å². The lowest BCUT2D eigenvalue weighted by Gasteiger charge is -2.27. The first-order valence-electron chi connectivity index (χ1n) is 10.9. The summed E-state index contributed by atoms with van der Waals surface area (Å²) in [6, 6.07) is 15.6. The highest BCUT2D eigenvalue weighted by atomic mass is 16.5. The van der Waals surface area contributed by atoms with Crippen LogP contribution in [-0.4, -0.2) is 37.0 Å². The molecule has 0 unspecified atom stereocenters. The predicted octanol–water partition coefficient (Wildman–Crippen LogP) is 4.19. The summed E-state index contributed by atoms with van der Waals surface area (Å²) in [5.74, 6) is -1.02. The lowest BCUT2D eigenvalue weighted by molar-refractivity contribution is -0.122. The Morgan fingerprint density at radius 3 is 2.43 bits per heavy atom. The molecule has 1 fully saturated rings. The average Bonchev–Trinajstić information content (AvgIpc) is 3.32. The molecule has 9 heteroatoms. The minimum Gasteiger partial charge on any atom is -0.492 e. The van der Waals surface area contributed by atoms with E-state index in [0.29, 0.717) is 29.2 Å². The molecule has 0 radical (unpaired) electrons. The van der Waals surface area contributed by atoms with Crippen LogP contribution < -0.4 is 15.0 Å². The largest absolute Gasteiger partial charge is 0.492 e. The molecule has 35 heavy (non-hydrogen) atoms. The van der Waals surface area contributed by atoms with Crippen LogP contribution in [0.25, 0.3) is 17.4 Å². The summed E-state index contributed by atoms with van der Waals surface area (Å²) in [6.07, 6.45) is 1.27. The number of amides is 4. The van der Waals surface area contributed by atoms with Crippen molar-refractivity contribution in [3.8, 4) is 17.1 Å². The molecule has 1 aliphatic heterocycles. The van der Waals surface area contributed by atoms with E-state index in [9.17, 15) is 19.2 Å². The van der Waals surface area contributed by atoms with Crippen molar-refractivity contribution in [2.24, 2.45) is 0 Å². The van der Waals surface area contributed by atoms with Gasteiger partial charge in [-0.25, -0.2) is 14.5 Å².